The van der Waals surface area contributed by atoms with Crippen molar-refractivity contribution in [1.82, 2.24) is 19.5 Å². The van der Waals surface area contributed by atoms with Crippen molar-refractivity contribution in [2.75, 3.05) is 13.1 Å². The number of aryl methyl sites for hydroxylation is 1. The zero-order valence-electron chi connectivity index (χ0n) is 13.0. The van der Waals surface area contributed by atoms with E-state index in [0.717, 1.165) is 29.6 Å². The maximum Gasteiger partial charge on any atom is 0.212 e. The van der Waals surface area contributed by atoms with Crippen molar-refractivity contribution in [2.45, 2.75) is 46.2 Å². The van der Waals surface area contributed by atoms with Gasteiger partial charge in [0.2, 0.25) is 4.96 Å². The topological polar surface area (TPSA) is 59.5 Å². The second-order valence-electron chi connectivity index (χ2n) is 6.25. The van der Waals surface area contributed by atoms with Crippen LogP contribution in [0.25, 0.3) is 4.96 Å². The number of hydrogen-bond donors (Lipinski definition) is 1. The van der Waals surface area contributed by atoms with Gasteiger partial charge in [-0.1, -0.05) is 32.1 Å². The Hall–Kier alpha value is -0.690. The SMILES string of the molecule is Cc1nn2c(CN3CC(C)C(N)C3)c(C(C)C)nc2s1.Cl. The molecule has 0 saturated carbocycles. The van der Waals surface area contributed by atoms with Crippen molar-refractivity contribution in [3.05, 3.63) is 16.4 Å². The van der Waals surface area contributed by atoms with Gasteiger partial charge in [0.1, 0.15) is 5.01 Å². The van der Waals surface area contributed by atoms with E-state index in [4.69, 9.17) is 10.7 Å². The number of halogens is 1. The van der Waals surface area contributed by atoms with Gasteiger partial charge in [-0.3, -0.25) is 4.90 Å². The molecular formula is C14H24ClN5S. The molecule has 0 spiro atoms. The van der Waals surface area contributed by atoms with Crippen LogP contribution in [0, 0.1) is 12.8 Å². The van der Waals surface area contributed by atoms with Crippen LogP contribution in [-0.4, -0.2) is 38.6 Å². The van der Waals surface area contributed by atoms with E-state index in [1.807, 2.05) is 11.4 Å². The largest absolute Gasteiger partial charge is 0.326 e. The molecule has 2 N–H and O–H groups in total. The third kappa shape index (κ3) is 3.08. The number of nitrogens with two attached hydrogens (primary N) is 1. The number of imidazole rings is 1. The molecule has 1 aliphatic heterocycles. The fraction of sp³-hybridized carbons (Fsp3) is 0.714. The van der Waals surface area contributed by atoms with Gasteiger partial charge < -0.3 is 5.73 Å². The number of nitrogens with zero attached hydrogens (tertiary/aromatic N) is 4. The van der Waals surface area contributed by atoms with Crippen LogP contribution in [0.15, 0.2) is 0 Å². The minimum absolute atomic E-state index is 0. The Morgan fingerprint density at radius 2 is 2.10 bits per heavy atom. The van der Waals surface area contributed by atoms with Crippen LogP contribution < -0.4 is 5.73 Å². The summed E-state index contributed by atoms with van der Waals surface area (Å²) in [6, 6.07) is 0.290. The lowest BCUT2D eigenvalue weighted by molar-refractivity contribution is 0.311. The molecule has 2 atom stereocenters. The molecule has 1 aliphatic rings. The normalized spacial score (nSPS) is 23.1. The van der Waals surface area contributed by atoms with Crippen LogP contribution in [0.3, 0.4) is 0 Å². The van der Waals surface area contributed by atoms with Crippen molar-refractivity contribution < 1.29 is 0 Å². The smallest absolute Gasteiger partial charge is 0.212 e. The predicted molar refractivity (Wildman–Crippen MR) is 89.4 cm³/mol. The Kier molecular flexibility index (Phi) is 4.92. The maximum absolute atomic E-state index is 6.13. The van der Waals surface area contributed by atoms with Crippen molar-refractivity contribution in [3.8, 4) is 0 Å². The third-order valence-corrected chi connectivity index (χ3v) is 4.92. The molecule has 0 bridgehead atoms. The molecule has 2 unspecified atom stereocenters. The van der Waals surface area contributed by atoms with Crippen LogP contribution in [-0.2, 0) is 6.54 Å². The minimum Gasteiger partial charge on any atom is -0.326 e. The lowest BCUT2D eigenvalue weighted by atomic mass is 10.1. The average molecular weight is 330 g/mol. The average Bonchev–Trinajstić information content (AvgIpc) is 2.96. The molecule has 2 aromatic rings. The van der Waals surface area contributed by atoms with Crippen LogP contribution in [0.2, 0.25) is 0 Å². The highest BCUT2D eigenvalue weighted by molar-refractivity contribution is 7.16. The first kappa shape index (κ1) is 16.7. The highest BCUT2D eigenvalue weighted by Gasteiger charge is 2.29. The second kappa shape index (κ2) is 6.20. The zero-order chi connectivity index (χ0) is 14.4. The summed E-state index contributed by atoms with van der Waals surface area (Å²) in [7, 11) is 0. The van der Waals surface area contributed by atoms with Gasteiger partial charge in [0.15, 0.2) is 0 Å². The van der Waals surface area contributed by atoms with Gasteiger partial charge in [-0.25, -0.2) is 9.50 Å². The molecule has 7 heteroatoms. The summed E-state index contributed by atoms with van der Waals surface area (Å²) in [5.74, 6) is 0.992. The van der Waals surface area contributed by atoms with Crippen LogP contribution >= 0.6 is 23.7 Å². The summed E-state index contributed by atoms with van der Waals surface area (Å²) in [4.78, 5) is 8.22. The molecule has 3 rings (SSSR count). The molecule has 1 fully saturated rings. The zero-order valence-corrected chi connectivity index (χ0v) is 14.7. The first-order valence-electron chi connectivity index (χ1n) is 7.28. The molecule has 1 saturated heterocycles. The van der Waals surface area contributed by atoms with E-state index in [-0.39, 0.29) is 18.4 Å². The summed E-state index contributed by atoms with van der Waals surface area (Å²) in [6.45, 7) is 11.6. The van der Waals surface area contributed by atoms with Gasteiger partial charge in [0, 0.05) is 25.7 Å². The Morgan fingerprint density at radius 1 is 1.38 bits per heavy atom. The van der Waals surface area contributed by atoms with Crippen molar-refractivity contribution in [3.63, 3.8) is 0 Å². The summed E-state index contributed by atoms with van der Waals surface area (Å²) in [6.07, 6.45) is 0. The minimum atomic E-state index is 0. The van der Waals surface area contributed by atoms with E-state index in [0.29, 0.717) is 11.8 Å². The molecule has 0 aliphatic carbocycles. The summed E-state index contributed by atoms with van der Waals surface area (Å²) in [5, 5.41) is 5.68. The first-order chi connectivity index (χ1) is 9.45. The van der Waals surface area contributed by atoms with Gasteiger partial charge in [0.25, 0.3) is 0 Å². The summed E-state index contributed by atoms with van der Waals surface area (Å²) >= 11 is 1.66. The second-order valence-corrected chi connectivity index (χ2v) is 7.41. The van der Waals surface area contributed by atoms with Crippen molar-refractivity contribution in [2.24, 2.45) is 11.7 Å². The van der Waals surface area contributed by atoms with Crippen molar-refractivity contribution in [1.29, 1.82) is 0 Å². The standard InChI is InChI=1S/C14H23N5S.ClH/c1-8(2)13-12(7-18-5-9(3)11(15)6-18)19-14(16-13)20-10(4)17-19;/h8-9,11H,5-7,15H2,1-4H3;1H. The molecule has 3 heterocycles. The van der Waals surface area contributed by atoms with Gasteiger partial charge in [-0.05, 0) is 18.8 Å². The van der Waals surface area contributed by atoms with E-state index in [9.17, 15) is 0 Å². The fourth-order valence-electron chi connectivity index (χ4n) is 2.95. The van der Waals surface area contributed by atoms with Crippen LogP contribution in [0.1, 0.15) is 43.1 Å². The molecule has 0 amide bonds. The Bertz CT molecular complexity index is 610. The van der Waals surface area contributed by atoms with Crippen LogP contribution in [0.4, 0.5) is 0 Å². The maximum atomic E-state index is 6.13. The predicted octanol–water partition coefficient (Wildman–Crippen LogP) is 2.42. The highest BCUT2D eigenvalue weighted by Crippen LogP contribution is 2.26. The number of rotatable bonds is 3. The third-order valence-electron chi connectivity index (χ3n) is 4.09. The van der Waals surface area contributed by atoms with E-state index in [2.05, 4.69) is 30.8 Å². The quantitative estimate of drug-likeness (QED) is 0.939. The lowest BCUT2D eigenvalue weighted by Gasteiger charge is -2.16. The van der Waals surface area contributed by atoms with E-state index in [1.165, 1.54) is 11.4 Å². The summed E-state index contributed by atoms with van der Waals surface area (Å²) in [5.41, 5.74) is 8.55. The van der Waals surface area contributed by atoms with Gasteiger partial charge in [-0.15, -0.1) is 12.4 Å². The van der Waals surface area contributed by atoms with Gasteiger partial charge in [-0.2, -0.15) is 5.10 Å². The molecular weight excluding hydrogens is 306 g/mol. The molecule has 0 aromatic carbocycles. The number of fused-ring (bicyclic) bond motifs is 1. The van der Waals surface area contributed by atoms with Crippen molar-refractivity contribution >= 4 is 28.7 Å². The van der Waals surface area contributed by atoms with Crippen LogP contribution in [0.5, 0.6) is 0 Å². The monoisotopic (exact) mass is 329 g/mol. The molecule has 0 radical (unpaired) electrons. The molecule has 2 aromatic heterocycles. The first-order valence-corrected chi connectivity index (χ1v) is 8.10. The Morgan fingerprint density at radius 3 is 2.67 bits per heavy atom. The molecule has 118 valence electrons. The Labute approximate surface area is 135 Å². The van der Waals surface area contributed by atoms with E-state index in [1.54, 1.807) is 11.3 Å². The fourth-order valence-corrected chi connectivity index (χ4v) is 3.72. The van der Waals surface area contributed by atoms with Gasteiger partial charge in [0.05, 0.1) is 11.4 Å². The summed E-state index contributed by atoms with van der Waals surface area (Å²) < 4.78 is 2.03. The van der Waals surface area contributed by atoms with E-state index >= 15 is 0 Å². The molecule has 5 nitrogen and oxygen atoms in total. The Balaban J connectivity index is 0.00000161. The van der Waals surface area contributed by atoms with Gasteiger partial charge >= 0.3 is 0 Å². The lowest BCUT2D eigenvalue weighted by Crippen LogP contribution is -2.28. The molecule has 21 heavy (non-hydrogen) atoms. The number of likely N-dealkylation sites (tertiary alicyclic amines) is 1. The highest BCUT2D eigenvalue weighted by atomic mass is 35.5. The number of aromatic nitrogens is 3. The number of hydrogen-bond acceptors (Lipinski definition) is 5. The van der Waals surface area contributed by atoms with E-state index < -0.39 is 0 Å².